The standard InChI is InChI=1S/C24H31N5O/c30-23(26-24-13-16-10-17(14-24)12-18(11-16)15-24)25-20-6-7-21-27-28-22(29(21)9-8-20)19-4-2-1-3-5-19/h1-5,16-18,20H,6-15H2,(H2,25,26,30). The maximum atomic E-state index is 13.0. The number of hydrogen-bond donors (Lipinski definition) is 2. The Morgan fingerprint density at radius 2 is 1.67 bits per heavy atom. The highest BCUT2D eigenvalue weighted by atomic mass is 16.2. The zero-order valence-electron chi connectivity index (χ0n) is 17.5. The number of carbonyl (C=O) groups is 1. The van der Waals surface area contributed by atoms with Crippen LogP contribution in [0.25, 0.3) is 11.4 Å². The summed E-state index contributed by atoms with van der Waals surface area (Å²) in [5, 5.41) is 15.6. The second-order valence-corrected chi connectivity index (χ2v) is 10.3. The normalized spacial score (nSPS) is 34.3. The largest absolute Gasteiger partial charge is 0.335 e. The molecule has 158 valence electrons. The van der Waals surface area contributed by atoms with Gasteiger partial charge in [0.05, 0.1) is 0 Å². The second kappa shape index (κ2) is 7.10. The summed E-state index contributed by atoms with van der Waals surface area (Å²) in [5.41, 5.74) is 1.17. The first-order valence-electron chi connectivity index (χ1n) is 11.7. The molecule has 1 unspecified atom stereocenters. The van der Waals surface area contributed by atoms with E-state index in [-0.39, 0.29) is 17.6 Å². The summed E-state index contributed by atoms with van der Waals surface area (Å²) in [5.74, 6) is 4.49. The highest BCUT2D eigenvalue weighted by molar-refractivity contribution is 5.75. The average molecular weight is 406 g/mol. The Morgan fingerprint density at radius 1 is 0.967 bits per heavy atom. The predicted octanol–water partition coefficient (Wildman–Crippen LogP) is 3.92. The maximum Gasteiger partial charge on any atom is 0.315 e. The molecule has 1 atom stereocenters. The van der Waals surface area contributed by atoms with Gasteiger partial charge in [-0.05, 0) is 69.1 Å². The van der Waals surface area contributed by atoms with Crippen LogP contribution in [-0.4, -0.2) is 32.4 Å². The van der Waals surface area contributed by atoms with Crippen molar-refractivity contribution >= 4 is 6.03 Å². The monoisotopic (exact) mass is 405 g/mol. The van der Waals surface area contributed by atoms with Crippen LogP contribution in [0.15, 0.2) is 30.3 Å². The van der Waals surface area contributed by atoms with Crippen molar-refractivity contribution in [3.8, 4) is 11.4 Å². The Balaban J connectivity index is 1.10. The van der Waals surface area contributed by atoms with Gasteiger partial charge in [0, 0.05) is 30.1 Å². The molecular formula is C24H31N5O. The third-order valence-electron chi connectivity index (χ3n) is 8.03. The molecule has 6 heteroatoms. The van der Waals surface area contributed by atoms with Crippen molar-refractivity contribution in [1.82, 2.24) is 25.4 Å². The first kappa shape index (κ1) is 18.4. The number of urea groups is 1. The zero-order chi connectivity index (χ0) is 20.1. The molecule has 1 aliphatic heterocycles. The lowest BCUT2D eigenvalue weighted by Gasteiger charge is -2.56. The third-order valence-corrected chi connectivity index (χ3v) is 8.03. The fourth-order valence-corrected chi connectivity index (χ4v) is 7.16. The number of aryl methyl sites for hydroxylation is 1. The number of amides is 2. The molecule has 4 saturated carbocycles. The van der Waals surface area contributed by atoms with E-state index in [1.54, 1.807) is 0 Å². The molecule has 4 bridgehead atoms. The van der Waals surface area contributed by atoms with Crippen LogP contribution in [0, 0.1) is 17.8 Å². The Kier molecular flexibility index (Phi) is 4.36. The highest BCUT2D eigenvalue weighted by Gasteiger charge is 2.51. The van der Waals surface area contributed by atoms with Gasteiger partial charge in [0.2, 0.25) is 0 Å². The third kappa shape index (κ3) is 3.30. The number of aromatic nitrogens is 3. The molecule has 0 radical (unpaired) electrons. The van der Waals surface area contributed by atoms with Gasteiger partial charge in [-0.15, -0.1) is 10.2 Å². The van der Waals surface area contributed by atoms with Gasteiger partial charge >= 0.3 is 6.03 Å². The SMILES string of the molecule is O=C(NC1CCc2nnc(-c3ccccc3)n2CC1)NC12CC3CC(CC(C3)C1)C2. The van der Waals surface area contributed by atoms with Crippen molar-refractivity contribution in [2.45, 2.75) is 75.9 Å². The lowest BCUT2D eigenvalue weighted by molar-refractivity contribution is -0.0136. The Bertz CT molecular complexity index is 901. The summed E-state index contributed by atoms with van der Waals surface area (Å²) in [6, 6.07) is 10.5. The van der Waals surface area contributed by atoms with Crippen LogP contribution in [-0.2, 0) is 13.0 Å². The first-order valence-corrected chi connectivity index (χ1v) is 11.7. The van der Waals surface area contributed by atoms with Crippen LogP contribution in [0.4, 0.5) is 4.79 Å². The Labute approximate surface area is 177 Å². The minimum atomic E-state index is 0.0444. The van der Waals surface area contributed by atoms with Crippen molar-refractivity contribution < 1.29 is 4.79 Å². The van der Waals surface area contributed by atoms with E-state index in [4.69, 9.17) is 0 Å². The quantitative estimate of drug-likeness (QED) is 0.813. The van der Waals surface area contributed by atoms with E-state index >= 15 is 0 Å². The first-order chi connectivity index (χ1) is 14.7. The van der Waals surface area contributed by atoms with Crippen LogP contribution in [0.2, 0.25) is 0 Å². The zero-order valence-corrected chi connectivity index (χ0v) is 17.5. The van der Waals surface area contributed by atoms with Crippen molar-refractivity contribution in [1.29, 1.82) is 0 Å². The smallest absolute Gasteiger partial charge is 0.315 e. The van der Waals surface area contributed by atoms with Gasteiger partial charge < -0.3 is 15.2 Å². The van der Waals surface area contributed by atoms with Crippen molar-refractivity contribution in [3.63, 3.8) is 0 Å². The van der Waals surface area contributed by atoms with Crippen LogP contribution >= 0.6 is 0 Å². The van der Waals surface area contributed by atoms with Gasteiger partial charge in [-0.25, -0.2) is 4.79 Å². The number of hydrogen-bond acceptors (Lipinski definition) is 3. The summed E-state index contributed by atoms with van der Waals surface area (Å²) in [4.78, 5) is 13.0. The van der Waals surface area contributed by atoms with Gasteiger partial charge in [-0.2, -0.15) is 0 Å². The molecule has 2 heterocycles. The Hall–Kier alpha value is -2.37. The van der Waals surface area contributed by atoms with E-state index in [2.05, 4.69) is 37.5 Å². The van der Waals surface area contributed by atoms with E-state index in [1.165, 1.54) is 38.5 Å². The molecule has 1 aromatic carbocycles. The number of nitrogens with one attached hydrogen (secondary N) is 2. The van der Waals surface area contributed by atoms with E-state index in [0.29, 0.717) is 0 Å². The van der Waals surface area contributed by atoms with E-state index in [1.807, 2.05) is 18.2 Å². The van der Waals surface area contributed by atoms with Crippen LogP contribution in [0.5, 0.6) is 0 Å². The number of carbonyl (C=O) groups excluding carboxylic acids is 1. The molecule has 6 nitrogen and oxygen atoms in total. The predicted molar refractivity (Wildman–Crippen MR) is 115 cm³/mol. The van der Waals surface area contributed by atoms with Gasteiger partial charge in [-0.1, -0.05) is 30.3 Å². The van der Waals surface area contributed by atoms with E-state index < -0.39 is 0 Å². The minimum Gasteiger partial charge on any atom is -0.335 e. The molecule has 7 rings (SSSR count). The Morgan fingerprint density at radius 3 is 2.37 bits per heavy atom. The van der Waals surface area contributed by atoms with Crippen molar-refractivity contribution in [2.24, 2.45) is 17.8 Å². The van der Waals surface area contributed by atoms with Crippen LogP contribution in [0.1, 0.15) is 57.2 Å². The summed E-state index contributed by atoms with van der Waals surface area (Å²) >= 11 is 0. The molecule has 30 heavy (non-hydrogen) atoms. The van der Waals surface area contributed by atoms with Crippen LogP contribution in [0.3, 0.4) is 0 Å². The molecule has 2 aromatic rings. The highest BCUT2D eigenvalue weighted by Crippen LogP contribution is 2.55. The second-order valence-electron chi connectivity index (χ2n) is 10.3. The molecule has 4 fully saturated rings. The summed E-state index contributed by atoms with van der Waals surface area (Å²) in [6.45, 7) is 0.842. The topological polar surface area (TPSA) is 71.8 Å². The lowest BCUT2D eigenvalue weighted by atomic mass is 9.53. The molecule has 0 saturated heterocycles. The summed E-state index contributed by atoms with van der Waals surface area (Å²) in [7, 11) is 0. The molecule has 2 amide bonds. The summed E-state index contributed by atoms with van der Waals surface area (Å²) < 4.78 is 2.23. The maximum absolute atomic E-state index is 13.0. The van der Waals surface area contributed by atoms with E-state index in [9.17, 15) is 4.79 Å². The number of fused-ring (bicyclic) bond motifs is 1. The summed E-state index contributed by atoms with van der Waals surface area (Å²) in [6.07, 6.45) is 10.5. The molecule has 4 aliphatic carbocycles. The fraction of sp³-hybridized carbons (Fsp3) is 0.625. The molecule has 0 spiro atoms. The van der Waals surface area contributed by atoms with Gasteiger partial charge in [0.15, 0.2) is 5.82 Å². The molecular weight excluding hydrogens is 374 g/mol. The lowest BCUT2D eigenvalue weighted by Crippen LogP contribution is -2.62. The fourth-order valence-electron chi connectivity index (χ4n) is 7.16. The average Bonchev–Trinajstić information content (AvgIpc) is 3.02. The number of nitrogens with zero attached hydrogens (tertiary/aromatic N) is 3. The molecule has 5 aliphatic rings. The van der Waals surface area contributed by atoms with E-state index in [0.717, 1.165) is 60.8 Å². The van der Waals surface area contributed by atoms with Crippen molar-refractivity contribution in [3.05, 3.63) is 36.2 Å². The van der Waals surface area contributed by atoms with Crippen molar-refractivity contribution in [2.75, 3.05) is 0 Å². The molecule has 2 N–H and O–H groups in total. The minimum absolute atomic E-state index is 0.0444. The van der Waals surface area contributed by atoms with Gasteiger partial charge in [0.1, 0.15) is 5.82 Å². The molecule has 1 aromatic heterocycles. The van der Waals surface area contributed by atoms with Gasteiger partial charge in [0.25, 0.3) is 0 Å². The number of benzene rings is 1. The number of rotatable bonds is 3. The van der Waals surface area contributed by atoms with Gasteiger partial charge in [-0.3, -0.25) is 0 Å². The van der Waals surface area contributed by atoms with Crippen LogP contribution < -0.4 is 10.6 Å².